The predicted molar refractivity (Wildman–Crippen MR) is 141 cm³/mol. The molecule has 0 N–H and O–H groups in total. The number of methoxy groups -OCH3 is 1. The van der Waals surface area contributed by atoms with Gasteiger partial charge in [-0.25, -0.2) is 0 Å². The Kier molecular flexibility index (Phi) is 14.3. The van der Waals surface area contributed by atoms with Crippen molar-refractivity contribution < 1.29 is 23.8 Å². The molecule has 1 rings (SSSR count). The van der Waals surface area contributed by atoms with Crippen molar-refractivity contribution in [1.29, 1.82) is 0 Å². The molecule has 6 nitrogen and oxygen atoms in total. The molecule has 0 saturated heterocycles. The van der Waals surface area contributed by atoms with Crippen molar-refractivity contribution in [2.75, 3.05) is 33.4 Å². The van der Waals surface area contributed by atoms with Crippen molar-refractivity contribution in [3.8, 4) is 12.3 Å². The van der Waals surface area contributed by atoms with Gasteiger partial charge in [-0.3, -0.25) is 9.59 Å². The Hall–Kier alpha value is -1.84. The SMILES string of the molecule is C#CCCC1C(COC(=O)C(C)C)C1C(CC)COC(CN(CCC)C(=O)C(C)C)C(C=C)OC. The molecule has 0 spiro atoms. The van der Waals surface area contributed by atoms with Crippen LogP contribution in [0.5, 0.6) is 0 Å². The minimum Gasteiger partial charge on any atom is -0.465 e. The molecule has 35 heavy (non-hydrogen) atoms. The van der Waals surface area contributed by atoms with E-state index < -0.39 is 0 Å². The molecule has 6 unspecified atom stereocenters. The van der Waals surface area contributed by atoms with E-state index in [4.69, 9.17) is 20.6 Å². The van der Waals surface area contributed by atoms with Crippen LogP contribution in [0.2, 0.25) is 0 Å². The lowest BCUT2D eigenvalue weighted by atomic mass is 9.98. The first-order valence-corrected chi connectivity index (χ1v) is 13.3. The average Bonchev–Trinajstić information content (AvgIpc) is 3.52. The Labute approximate surface area is 214 Å². The van der Waals surface area contributed by atoms with Gasteiger partial charge in [0.05, 0.1) is 19.1 Å². The summed E-state index contributed by atoms with van der Waals surface area (Å²) in [4.78, 5) is 26.7. The van der Waals surface area contributed by atoms with Crippen LogP contribution in [0, 0.1) is 47.9 Å². The van der Waals surface area contributed by atoms with Gasteiger partial charge >= 0.3 is 5.97 Å². The lowest BCUT2D eigenvalue weighted by Crippen LogP contribution is -2.46. The lowest BCUT2D eigenvalue weighted by Gasteiger charge is -2.32. The number of rotatable bonds is 18. The van der Waals surface area contributed by atoms with E-state index in [1.165, 1.54) is 0 Å². The summed E-state index contributed by atoms with van der Waals surface area (Å²) < 4.78 is 17.7. The Bertz CT molecular complexity index is 698. The molecule has 200 valence electrons. The maximum absolute atomic E-state index is 12.8. The van der Waals surface area contributed by atoms with Crippen LogP contribution in [0.4, 0.5) is 0 Å². The number of carbonyl (C=O) groups is 2. The van der Waals surface area contributed by atoms with Crippen LogP contribution in [0.3, 0.4) is 0 Å². The molecule has 0 heterocycles. The third-order valence-corrected chi connectivity index (χ3v) is 7.07. The van der Waals surface area contributed by atoms with Gasteiger partial charge in [0.1, 0.15) is 12.2 Å². The minimum absolute atomic E-state index is 0.0759. The number of hydrogen-bond acceptors (Lipinski definition) is 5. The van der Waals surface area contributed by atoms with Crippen molar-refractivity contribution in [1.82, 2.24) is 4.90 Å². The Balaban J connectivity index is 2.93. The fourth-order valence-corrected chi connectivity index (χ4v) is 4.95. The summed E-state index contributed by atoms with van der Waals surface area (Å²) in [7, 11) is 1.64. The van der Waals surface area contributed by atoms with Crippen LogP contribution in [-0.4, -0.2) is 62.4 Å². The summed E-state index contributed by atoms with van der Waals surface area (Å²) in [5, 5.41) is 0. The molecule has 0 radical (unpaired) electrons. The van der Waals surface area contributed by atoms with Crippen molar-refractivity contribution >= 4 is 11.9 Å². The number of hydrogen-bond donors (Lipinski definition) is 0. The molecular formula is C29H49NO5. The fraction of sp³-hybridized carbons (Fsp3) is 0.793. The number of carbonyl (C=O) groups excluding carboxylic acids is 2. The first kappa shape index (κ1) is 31.2. The highest BCUT2D eigenvalue weighted by molar-refractivity contribution is 5.78. The van der Waals surface area contributed by atoms with Crippen LogP contribution in [-0.2, 0) is 23.8 Å². The first-order chi connectivity index (χ1) is 16.7. The maximum atomic E-state index is 12.8. The number of esters is 1. The lowest BCUT2D eigenvalue weighted by molar-refractivity contribution is -0.148. The molecule has 0 aromatic carbocycles. The molecule has 1 amide bonds. The second-order valence-corrected chi connectivity index (χ2v) is 10.3. The predicted octanol–water partition coefficient (Wildman–Crippen LogP) is 4.97. The summed E-state index contributed by atoms with van der Waals surface area (Å²) in [6, 6.07) is 0. The normalized spacial score (nSPS) is 21.8. The number of ether oxygens (including phenoxy) is 3. The summed E-state index contributed by atoms with van der Waals surface area (Å²) >= 11 is 0. The largest absolute Gasteiger partial charge is 0.465 e. The molecule has 1 fully saturated rings. The van der Waals surface area contributed by atoms with Crippen LogP contribution in [0.25, 0.3) is 0 Å². The maximum Gasteiger partial charge on any atom is 0.308 e. The first-order valence-electron chi connectivity index (χ1n) is 13.3. The topological polar surface area (TPSA) is 65.1 Å². The number of terminal acetylenes is 1. The van der Waals surface area contributed by atoms with E-state index in [0.717, 1.165) is 25.7 Å². The highest BCUT2D eigenvalue weighted by atomic mass is 16.5. The summed E-state index contributed by atoms with van der Waals surface area (Å²) in [6.07, 6.45) is 10.1. The van der Waals surface area contributed by atoms with Crippen molar-refractivity contribution in [2.45, 2.75) is 79.4 Å². The van der Waals surface area contributed by atoms with E-state index >= 15 is 0 Å². The van der Waals surface area contributed by atoms with Crippen LogP contribution in [0.1, 0.15) is 67.2 Å². The second kappa shape index (κ2) is 16.0. The number of nitrogens with zero attached hydrogens (tertiary/aromatic N) is 1. The van der Waals surface area contributed by atoms with Gasteiger partial charge in [0, 0.05) is 32.5 Å². The molecule has 1 aliphatic carbocycles. The van der Waals surface area contributed by atoms with E-state index in [9.17, 15) is 9.59 Å². The summed E-state index contributed by atoms with van der Waals surface area (Å²) in [5.41, 5.74) is 0. The molecular weight excluding hydrogens is 442 g/mol. The standard InChI is InChI=1S/C29H49NO5/c1-10-14-15-23-24(19-35-29(32)21(7)8)27(23)22(12-3)18-34-26(25(13-4)33-9)17-30(16-11-2)28(31)20(5)6/h1,13,20-27H,4,11-12,14-19H2,2-3,5-9H3. The van der Waals surface area contributed by atoms with E-state index in [2.05, 4.69) is 26.3 Å². The molecule has 6 heteroatoms. The van der Waals surface area contributed by atoms with E-state index in [-0.39, 0.29) is 35.9 Å². The van der Waals surface area contributed by atoms with Crippen LogP contribution in [0.15, 0.2) is 12.7 Å². The fourth-order valence-electron chi connectivity index (χ4n) is 4.95. The molecule has 0 bridgehead atoms. The van der Waals surface area contributed by atoms with Gasteiger partial charge in [0.25, 0.3) is 0 Å². The van der Waals surface area contributed by atoms with Gasteiger partial charge in [0.2, 0.25) is 5.91 Å². The monoisotopic (exact) mass is 491 g/mol. The van der Waals surface area contributed by atoms with E-state index in [0.29, 0.717) is 50.0 Å². The van der Waals surface area contributed by atoms with Gasteiger partial charge in [0.15, 0.2) is 0 Å². The Morgan fingerprint density at radius 1 is 1.14 bits per heavy atom. The van der Waals surface area contributed by atoms with E-state index in [1.807, 2.05) is 32.6 Å². The van der Waals surface area contributed by atoms with Gasteiger partial charge in [-0.1, -0.05) is 54.0 Å². The van der Waals surface area contributed by atoms with Gasteiger partial charge < -0.3 is 19.1 Å². The smallest absolute Gasteiger partial charge is 0.308 e. The highest BCUT2D eigenvalue weighted by Gasteiger charge is 2.53. The zero-order valence-corrected chi connectivity index (χ0v) is 23.1. The highest BCUT2D eigenvalue weighted by Crippen LogP contribution is 2.54. The Morgan fingerprint density at radius 3 is 2.31 bits per heavy atom. The third kappa shape index (κ3) is 9.61. The quantitative estimate of drug-likeness (QED) is 0.154. The zero-order valence-electron chi connectivity index (χ0n) is 23.1. The van der Waals surface area contributed by atoms with E-state index in [1.54, 1.807) is 13.2 Å². The van der Waals surface area contributed by atoms with Gasteiger partial charge in [-0.05, 0) is 36.5 Å². The summed E-state index contributed by atoms with van der Waals surface area (Å²) in [6.45, 7) is 17.8. The second-order valence-electron chi connectivity index (χ2n) is 10.3. The average molecular weight is 492 g/mol. The molecule has 0 aromatic heterocycles. The molecule has 1 saturated carbocycles. The number of amides is 1. The van der Waals surface area contributed by atoms with Crippen molar-refractivity contribution in [3.63, 3.8) is 0 Å². The van der Waals surface area contributed by atoms with Crippen LogP contribution < -0.4 is 0 Å². The van der Waals surface area contributed by atoms with Gasteiger partial charge in [-0.15, -0.1) is 18.9 Å². The summed E-state index contributed by atoms with van der Waals surface area (Å²) in [5.74, 6) is 3.98. The molecule has 0 aromatic rings. The molecule has 0 aliphatic heterocycles. The van der Waals surface area contributed by atoms with Crippen molar-refractivity contribution in [2.24, 2.45) is 35.5 Å². The molecule has 1 aliphatic rings. The van der Waals surface area contributed by atoms with Gasteiger partial charge in [-0.2, -0.15) is 0 Å². The third-order valence-electron chi connectivity index (χ3n) is 7.07. The molecule has 6 atom stereocenters. The van der Waals surface area contributed by atoms with Crippen molar-refractivity contribution in [3.05, 3.63) is 12.7 Å². The minimum atomic E-state index is -0.314. The zero-order chi connectivity index (χ0) is 26.5. The van der Waals surface area contributed by atoms with Crippen LogP contribution >= 0.6 is 0 Å². The Morgan fingerprint density at radius 2 is 1.83 bits per heavy atom.